The first-order chi connectivity index (χ1) is 10.5. The second-order valence-corrected chi connectivity index (χ2v) is 13.0. The van der Waals surface area contributed by atoms with E-state index in [1.807, 2.05) is 5.20 Å². The molecule has 0 bridgehead atoms. The maximum atomic E-state index is 2.70. The van der Waals surface area contributed by atoms with Gasteiger partial charge in [0.25, 0.3) is 0 Å². The van der Waals surface area contributed by atoms with Crippen molar-refractivity contribution < 1.29 is 0 Å². The minimum atomic E-state index is -1.38. The fourth-order valence-electron chi connectivity index (χ4n) is 5.69. The number of fused-ring (bicyclic) bond motifs is 1. The van der Waals surface area contributed by atoms with Gasteiger partial charge in [0.15, 0.2) is 0 Å². The standard InChI is InChI=1S/C21H32Si/c1-5-21-15-9-10-17(2)19(21)13-14-20(21)22(3,4)16-18-11-7-6-8-12-18/h6-8,11-12,14,17,19H,5,9-10,13,15-16H2,1-4H3/t17-,19+,21+/m1/s1. The molecule has 0 heterocycles. The van der Waals surface area contributed by atoms with Crippen molar-refractivity contribution in [1.82, 2.24) is 0 Å². The molecule has 0 aliphatic heterocycles. The molecule has 3 rings (SSSR count). The minimum absolute atomic E-state index is 0.558. The smallest absolute Gasteiger partial charge is 0.0801 e. The van der Waals surface area contributed by atoms with Crippen molar-refractivity contribution in [3.63, 3.8) is 0 Å². The fourth-order valence-corrected chi connectivity index (χ4v) is 9.64. The summed E-state index contributed by atoms with van der Waals surface area (Å²) in [6.45, 7) is 10.2. The van der Waals surface area contributed by atoms with Crippen LogP contribution in [0.5, 0.6) is 0 Å². The summed E-state index contributed by atoms with van der Waals surface area (Å²) in [5.41, 5.74) is 2.10. The molecular weight excluding hydrogens is 280 g/mol. The molecule has 120 valence electrons. The normalized spacial score (nSPS) is 31.7. The molecule has 1 aromatic carbocycles. The van der Waals surface area contributed by atoms with Crippen LogP contribution in [0.3, 0.4) is 0 Å². The third-order valence-corrected chi connectivity index (χ3v) is 10.1. The Bertz CT molecular complexity index is 542. The van der Waals surface area contributed by atoms with E-state index in [0.717, 1.165) is 11.8 Å². The molecule has 0 unspecified atom stereocenters. The molecule has 1 aromatic rings. The summed E-state index contributed by atoms with van der Waals surface area (Å²) in [6.07, 6.45) is 9.77. The van der Waals surface area contributed by atoms with Crippen LogP contribution in [0.2, 0.25) is 13.1 Å². The first-order valence-corrected chi connectivity index (χ1v) is 12.5. The summed E-state index contributed by atoms with van der Waals surface area (Å²) in [4.78, 5) is 0. The largest absolute Gasteiger partial charge is 0.0883 e. The highest BCUT2D eigenvalue weighted by Gasteiger charge is 2.51. The average Bonchev–Trinajstić information content (AvgIpc) is 2.90. The lowest BCUT2D eigenvalue weighted by Crippen LogP contribution is -2.45. The Balaban J connectivity index is 1.89. The van der Waals surface area contributed by atoms with Crippen LogP contribution in [0.4, 0.5) is 0 Å². The number of rotatable bonds is 4. The molecule has 3 atom stereocenters. The van der Waals surface area contributed by atoms with Gasteiger partial charge >= 0.3 is 0 Å². The molecule has 1 heteroatoms. The molecule has 0 aromatic heterocycles. The van der Waals surface area contributed by atoms with Crippen molar-refractivity contribution in [1.29, 1.82) is 0 Å². The van der Waals surface area contributed by atoms with Gasteiger partial charge in [0.1, 0.15) is 0 Å². The second kappa shape index (κ2) is 6.00. The van der Waals surface area contributed by atoms with Crippen molar-refractivity contribution in [2.75, 3.05) is 0 Å². The van der Waals surface area contributed by atoms with E-state index in [4.69, 9.17) is 0 Å². The summed E-state index contributed by atoms with van der Waals surface area (Å²) in [5.74, 6) is 1.85. The van der Waals surface area contributed by atoms with Crippen molar-refractivity contribution in [2.24, 2.45) is 17.3 Å². The van der Waals surface area contributed by atoms with Crippen LogP contribution >= 0.6 is 0 Å². The van der Waals surface area contributed by atoms with E-state index in [1.54, 1.807) is 5.56 Å². The predicted octanol–water partition coefficient (Wildman–Crippen LogP) is 6.18. The van der Waals surface area contributed by atoms with Crippen LogP contribution in [0.1, 0.15) is 51.5 Å². The Morgan fingerprint density at radius 3 is 2.59 bits per heavy atom. The van der Waals surface area contributed by atoms with Crippen molar-refractivity contribution in [3.05, 3.63) is 47.2 Å². The zero-order valence-corrected chi connectivity index (χ0v) is 15.9. The van der Waals surface area contributed by atoms with Gasteiger partial charge in [-0.1, -0.05) is 87.0 Å². The molecule has 1 saturated carbocycles. The van der Waals surface area contributed by atoms with Crippen molar-refractivity contribution in [3.8, 4) is 0 Å². The van der Waals surface area contributed by atoms with Gasteiger partial charge in [0.05, 0.1) is 8.07 Å². The first kappa shape index (κ1) is 16.0. The summed E-state index contributed by atoms with van der Waals surface area (Å²) in [6, 6.07) is 12.5. The number of hydrogen-bond donors (Lipinski definition) is 0. The maximum absolute atomic E-state index is 2.70. The van der Waals surface area contributed by atoms with E-state index < -0.39 is 8.07 Å². The Morgan fingerprint density at radius 2 is 1.91 bits per heavy atom. The summed E-state index contributed by atoms with van der Waals surface area (Å²) >= 11 is 0. The summed E-state index contributed by atoms with van der Waals surface area (Å²) in [7, 11) is -1.38. The highest BCUT2D eigenvalue weighted by molar-refractivity contribution is 6.84. The Hall–Kier alpha value is -0.823. The lowest BCUT2D eigenvalue weighted by Gasteiger charge is -2.48. The van der Waals surface area contributed by atoms with Gasteiger partial charge in [-0.05, 0) is 42.6 Å². The maximum Gasteiger partial charge on any atom is 0.0801 e. The van der Waals surface area contributed by atoms with E-state index in [1.165, 1.54) is 38.1 Å². The van der Waals surface area contributed by atoms with E-state index >= 15 is 0 Å². The molecule has 0 radical (unpaired) electrons. The van der Waals surface area contributed by atoms with E-state index in [2.05, 4.69) is 63.3 Å². The zero-order chi connectivity index (χ0) is 15.8. The molecule has 0 N–H and O–H groups in total. The SMILES string of the molecule is CC[C@]12CCC[C@@H](C)[C@@H]1CC=C2[Si](C)(C)Cc1ccccc1. The van der Waals surface area contributed by atoms with Gasteiger partial charge in [-0.25, -0.2) is 0 Å². The molecule has 0 nitrogen and oxygen atoms in total. The summed E-state index contributed by atoms with van der Waals surface area (Å²) in [5, 5.41) is 1.92. The predicted molar refractivity (Wildman–Crippen MR) is 99.6 cm³/mol. The average molecular weight is 313 g/mol. The van der Waals surface area contributed by atoms with Crippen LogP contribution in [-0.4, -0.2) is 8.07 Å². The minimum Gasteiger partial charge on any atom is -0.0883 e. The highest BCUT2D eigenvalue weighted by atomic mass is 28.3. The second-order valence-electron chi connectivity index (χ2n) is 8.39. The Morgan fingerprint density at radius 1 is 1.18 bits per heavy atom. The van der Waals surface area contributed by atoms with Crippen LogP contribution in [0, 0.1) is 17.3 Å². The lowest BCUT2D eigenvalue weighted by molar-refractivity contribution is 0.101. The Kier molecular flexibility index (Phi) is 4.37. The van der Waals surface area contributed by atoms with Gasteiger partial charge < -0.3 is 0 Å². The van der Waals surface area contributed by atoms with Crippen LogP contribution in [0.25, 0.3) is 0 Å². The molecular formula is C21H32Si. The molecule has 0 saturated heterocycles. The molecule has 2 aliphatic rings. The third-order valence-electron chi connectivity index (χ3n) is 6.64. The van der Waals surface area contributed by atoms with Gasteiger partial charge in [0, 0.05) is 0 Å². The first-order valence-electron chi connectivity index (χ1n) is 9.24. The number of allylic oxidation sites excluding steroid dienone is 2. The van der Waals surface area contributed by atoms with E-state index in [-0.39, 0.29) is 0 Å². The van der Waals surface area contributed by atoms with Gasteiger partial charge in [0.2, 0.25) is 0 Å². The Labute approximate surface area is 138 Å². The van der Waals surface area contributed by atoms with Crippen molar-refractivity contribution >= 4 is 8.07 Å². The third kappa shape index (κ3) is 2.62. The molecule has 1 fully saturated rings. The fraction of sp³-hybridized carbons (Fsp3) is 0.619. The van der Waals surface area contributed by atoms with Gasteiger partial charge in [-0.3, -0.25) is 0 Å². The number of benzene rings is 1. The summed E-state index contributed by atoms with van der Waals surface area (Å²) < 4.78 is 0. The zero-order valence-electron chi connectivity index (χ0n) is 14.9. The van der Waals surface area contributed by atoms with Crippen LogP contribution < -0.4 is 0 Å². The van der Waals surface area contributed by atoms with E-state index in [0.29, 0.717) is 5.41 Å². The molecule has 2 aliphatic carbocycles. The van der Waals surface area contributed by atoms with Crippen molar-refractivity contribution in [2.45, 2.75) is 65.1 Å². The topological polar surface area (TPSA) is 0 Å². The van der Waals surface area contributed by atoms with E-state index in [9.17, 15) is 0 Å². The lowest BCUT2D eigenvalue weighted by atomic mass is 9.62. The molecule has 0 amide bonds. The van der Waals surface area contributed by atoms with Crippen LogP contribution in [0.15, 0.2) is 41.6 Å². The molecule has 0 spiro atoms. The van der Waals surface area contributed by atoms with Gasteiger partial charge in [-0.2, -0.15) is 0 Å². The quantitative estimate of drug-likeness (QED) is 0.582. The monoisotopic (exact) mass is 312 g/mol. The van der Waals surface area contributed by atoms with Gasteiger partial charge in [-0.15, -0.1) is 0 Å². The molecule has 22 heavy (non-hydrogen) atoms. The number of hydrogen-bond acceptors (Lipinski definition) is 0. The highest BCUT2D eigenvalue weighted by Crippen LogP contribution is 2.59. The van der Waals surface area contributed by atoms with Crippen LogP contribution in [-0.2, 0) is 6.04 Å².